The molecule has 0 aliphatic carbocycles. The maximum Gasteiger partial charge on any atom is 0.272 e. The van der Waals surface area contributed by atoms with Crippen LogP contribution in [0.3, 0.4) is 0 Å². The van der Waals surface area contributed by atoms with E-state index < -0.39 is 10.7 Å². The van der Waals surface area contributed by atoms with Gasteiger partial charge in [-0.2, -0.15) is 0 Å². The van der Waals surface area contributed by atoms with Gasteiger partial charge in [-0.05, 0) is 29.3 Å². The molecule has 0 atom stereocenters. The lowest BCUT2D eigenvalue weighted by Crippen LogP contribution is -1.91. The maximum atomic E-state index is 13.4. The first-order valence-corrected chi connectivity index (χ1v) is 6.12. The minimum absolute atomic E-state index is 0.179. The second-order valence-electron chi connectivity index (χ2n) is 3.71. The highest BCUT2D eigenvalue weighted by atomic mass is 35.5. The number of hydrogen-bond donors (Lipinski definition) is 0. The maximum absolute atomic E-state index is 13.4. The van der Waals surface area contributed by atoms with E-state index in [0.717, 1.165) is 12.1 Å². The van der Waals surface area contributed by atoms with Crippen molar-refractivity contribution < 1.29 is 9.31 Å². The molecule has 0 bridgehead atoms. The van der Waals surface area contributed by atoms with E-state index in [1.54, 1.807) is 0 Å². The SMILES string of the molecule is O=[N+]([O-])c1cc(F)cc(-c2cc(Cl)c(Cl)c(Cl)c2)c1. The molecule has 0 saturated carbocycles. The van der Waals surface area contributed by atoms with Crippen molar-refractivity contribution in [3.63, 3.8) is 0 Å². The highest BCUT2D eigenvalue weighted by Crippen LogP contribution is 2.36. The molecule has 2 aromatic carbocycles. The lowest BCUT2D eigenvalue weighted by molar-refractivity contribution is -0.385. The minimum Gasteiger partial charge on any atom is -0.258 e. The second-order valence-corrected chi connectivity index (χ2v) is 4.90. The van der Waals surface area contributed by atoms with Gasteiger partial charge in [0.2, 0.25) is 0 Å². The average Bonchev–Trinajstić information content (AvgIpc) is 2.34. The molecule has 3 nitrogen and oxygen atoms in total. The van der Waals surface area contributed by atoms with E-state index in [-0.39, 0.29) is 20.8 Å². The van der Waals surface area contributed by atoms with Crippen molar-refractivity contribution in [1.82, 2.24) is 0 Å². The predicted molar refractivity (Wildman–Crippen MR) is 73.5 cm³/mol. The summed E-state index contributed by atoms with van der Waals surface area (Å²) in [6, 6.07) is 6.16. The first kappa shape index (κ1) is 14.1. The molecule has 0 amide bonds. The van der Waals surface area contributed by atoms with E-state index in [9.17, 15) is 14.5 Å². The van der Waals surface area contributed by atoms with Crippen molar-refractivity contribution in [3.8, 4) is 11.1 Å². The van der Waals surface area contributed by atoms with Crippen LogP contribution in [0.1, 0.15) is 0 Å². The summed E-state index contributed by atoms with van der Waals surface area (Å²) in [6.45, 7) is 0. The van der Waals surface area contributed by atoms with Crippen LogP contribution in [0.2, 0.25) is 15.1 Å². The van der Waals surface area contributed by atoms with Crippen LogP contribution in [-0.4, -0.2) is 4.92 Å². The van der Waals surface area contributed by atoms with Crippen molar-refractivity contribution in [3.05, 3.63) is 61.3 Å². The smallest absolute Gasteiger partial charge is 0.258 e. The largest absolute Gasteiger partial charge is 0.272 e. The van der Waals surface area contributed by atoms with Crippen LogP contribution < -0.4 is 0 Å². The third-order valence-corrected chi connectivity index (χ3v) is 3.61. The zero-order valence-corrected chi connectivity index (χ0v) is 11.4. The Labute approximate surface area is 122 Å². The zero-order chi connectivity index (χ0) is 14.2. The monoisotopic (exact) mass is 319 g/mol. The molecule has 19 heavy (non-hydrogen) atoms. The Morgan fingerprint density at radius 1 is 0.947 bits per heavy atom. The van der Waals surface area contributed by atoms with E-state index >= 15 is 0 Å². The van der Waals surface area contributed by atoms with Gasteiger partial charge >= 0.3 is 0 Å². The molecular formula is C12H5Cl3FNO2. The van der Waals surface area contributed by atoms with Crippen LogP contribution >= 0.6 is 34.8 Å². The molecule has 2 rings (SSSR count). The Morgan fingerprint density at radius 2 is 1.47 bits per heavy atom. The second kappa shape index (κ2) is 5.33. The van der Waals surface area contributed by atoms with Gasteiger partial charge in [0.05, 0.1) is 26.1 Å². The summed E-state index contributed by atoms with van der Waals surface area (Å²) in [7, 11) is 0. The van der Waals surface area contributed by atoms with Crippen LogP contribution in [0.15, 0.2) is 30.3 Å². The molecule has 0 aliphatic rings. The van der Waals surface area contributed by atoms with Gasteiger partial charge in [-0.3, -0.25) is 10.1 Å². The number of non-ortho nitro benzene ring substituents is 1. The Bertz CT molecular complexity index is 653. The normalized spacial score (nSPS) is 10.5. The predicted octanol–water partition coefficient (Wildman–Crippen LogP) is 5.36. The molecule has 2 aromatic rings. The molecule has 0 unspecified atom stereocenters. The van der Waals surface area contributed by atoms with E-state index in [2.05, 4.69) is 0 Å². The summed E-state index contributed by atoms with van der Waals surface area (Å²) in [5, 5.41) is 11.3. The Balaban J connectivity index is 2.62. The third kappa shape index (κ3) is 2.97. The molecule has 0 radical (unpaired) electrons. The summed E-state index contributed by atoms with van der Waals surface area (Å²) in [4.78, 5) is 10.0. The van der Waals surface area contributed by atoms with Crippen molar-refractivity contribution in [2.24, 2.45) is 0 Å². The molecular weight excluding hydrogens is 315 g/mol. The molecule has 98 valence electrons. The van der Waals surface area contributed by atoms with Gasteiger partial charge in [-0.1, -0.05) is 34.8 Å². The summed E-state index contributed by atoms with van der Waals surface area (Å²) in [5.74, 6) is -0.716. The number of rotatable bonds is 2. The quantitative estimate of drug-likeness (QED) is 0.424. The third-order valence-electron chi connectivity index (χ3n) is 2.41. The van der Waals surface area contributed by atoms with Crippen molar-refractivity contribution in [2.45, 2.75) is 0 Å². The van der Waals surface area contributed by atoms with Gasteiger partial charge in [0.25, 0.3) is 5.69 Å². The summed E-state index contributed by atoms with van der Waals surface area (Å²) in [5.41, 5.74) is 0.395. The molecule has 0 saturated heterocycles. The molecule has 0 heterocycles. The van der Waals surface area contributed by atoms with Crippen LogP contribution in [0, 0.1) is 15.9 Å². The van der Waals surface area contributed by atoms with E-state index in [1.165, 1.54) is 18.2 Å². The van der Waals surface area contributed by atoms with E-state index in [1.807, 2.05) is 0 Å². The van der Waals surface area contributed by atoms with E-state index in [0.29, 0.717) is 11.1 Å². The van der Waals surface area contributed by atoms with Gasteiger partial charge in [0.15, 0.2) is 0 Å². The van der Waals surface area contributed by atoms with Crippen molar-refractivity contribution in [1.29, 1.82) is 0 Å². The van der Waals surface area contributed by atoms with E-state index in [4.69, 9.17) is 34.8 Å². The topological polar surface area (TPSA) is 43.1 Å². The standard InChI is InChI=1S/C12H5Cl3FNO2/c13-10-3-7(4-11(14)12(10)15)6-1-8(16)5-9(2-6)17(18)19/h1-5H. The molecule has 0 fully saturated rings. The number of hydrogen-bond acceptors (Lipinski definition) is 2. The summed E-state index contributed by atoms with van der Waals surface area (Å²) in [6.07, 6.45) is 0. The van der Waals surface area contributed by atoms with Crippen LogP contribution in [0.25, 0.3) is 11.1 Å². The first-order chi connectivity index (χ1) is 8.88. The Hall–Kier alpha value is -1.36. The molecule has 7 heteroatoms. The van der Waals surface area contributed by atoms with Crippen LogP contribution in [0.5, 0.6) is 0 Å². The summed E-state index contributed by atoms with van der Waals surface area (Å²) >= 11 is 17.5. The molecule has 0 spiro atoms. The van der Waals surface area contributed by atoms with Crippen LogP contribution in [-0.2, 0) is 0 Å². The van der Waals surface area contributed by atoms with Crippen LogP contribution in [0.4, 0.5) is 10.1 Å². The lowest BCUT2D eigenvalue weighted by atomic mass is 10.0. The summed E-state index contributed by atoms with van der Waals surface area (Å²) < 4.78 is 13.4. The molecule has 0 N–H and O–H groups in total. The molecule has 0 aliphatic heterocycles. The molecule has 0 aromatic heterocycles. The number of nitro groups is 1. The van der Waals surface area contributed by atoms with Gasteiger partial charge < -0.3 is 0 Å². The fraction of sp³-hybridized carbons (Fsp3) is 0. The van der Waals surface area contributed by atoms with Gasteiger partial charge in [0.1, 0.15) is 5.82 Å². The fourth-order valence-corrected chi connectivity index (χ4v) is 2.16. The Morgan fingerprint density at radius 3 is 2.00 bits per heavy atom. The van der Waals surface area contributed by atoms with Gasteiger partial charge in [0, 0.05) is 6.07 Å². The van der Waals surface area contributed by atoms with Crippen molar-refractivity contribution in [2.75, 3.05) is 0 Å². The first-order valence-electron chi connectivity index (χ1n) is 4.98. The Kier molecular flexibility index (Phi) is 3.94. The average molecular weight is 321 g/mol. The minimum atomic E-state index is -0.716. The zero-order valence-electron chi connectivity index (χ0n) is 9.16. The van der Waals surface area contributed by atoms with Crippen molar-refractivity contribution >= 4 is 40.5 Å². The van der Waals surface area contributed by atoms with Gasteiger partial charge in [-0.15, -0.1) is 0 Å². The highest BCUT2D eigenvalue weighted by Gasteiger charge is 2.13. The van der Waals surface area contributed by atoms with Gasteiger partial charge in [-0.25, -0.2) is 4.39 Å². The number of nitrogens with zero attached hydrogens (tertiary/aromatic N) is 1. The fourth-order valence-electron chi connectivity index (χ4n) is 1.57. The number of benzene rings is 2. The number of nitro benzene ring substituents is 1. The number of halogens is 4. The lowest BCUT2D eigenvalue weighted by Gasteiger charge is -2.06. The highest BCUT2D eigenvalue weighted by molar-refractivity contribution is 6.48.